The quantitative estimate of drug-likeness (QED) is 0.840. The average Bonchev–Trinajstić information content (AvgIpc) is 2.24. The summed E-state index contributed by atoms with van der Waals surface area (Å²) >= 11 is 5.75. The molecule has 5 nitrogen and oxygen atoms in total. The summed E-state index contributed by atoms with van der Waals surface area (Å²) in [6.45, 7) is 1.71. The average molecular weight is 258 g/mol. The van der Waals surface area contributed by atoms with Crippen molar-refractivity contribution in [2.75, 3.05) is 0 Å². The number of rotatable bonds is 5. The van der Waals surface area contributed by atoms with Gasteiger partial charge in [-0.2, -0.15) is 0 Å². The number of primary amides is 1. The molecule has 0 aliphatic heterocycles. The van der Waals surface area contributed by atoms with Crippen LogP contribution in [0.2, 0.25) is 5.02 Å². The number of amides is 1. The zero-order chi connectivity index (χ0) is 13.0. The lowest BCUT2D eigenvalue weighted by atomic mass is 10.2. The first-order chi connectivity index (χ1) is 7.97. The van der Waals surface area contributed by atoms with E-state index in [1.165, 1.54) is 18.2 Å². The van der Waals surface area contributed by atoms with Gasteiger partial charge in [-0.25, -0.2) is 4.79 Å². The Hall–Kier alpha value is -1.75. The molecule has 1 rings (SSSR count). The van der Waals surface area contributed by atoms with E-state index in [0.717, 1.165) is 0 Å². The van der Waals surface area contributed by atoms with Crippen molar-refractivity contribution in [3.63, 3.8) is 0 Å². The molecule has 0 fully saturated rings. The number of carboxylic acid groups (broad SMARTS) is 1. The molecule has 1 aromatic rings. The number of carboxylic acids is 1. The first kappa shape index (κ1) is 13.3. The van der Waals surface area contributed by atoms with Crippen molar-refractivity contribution >= 4 is 23.5 Å². The van der Waals surface area contributed by atoms with Crippen molar-refractivity contribution in [2.24, 2.45) is 5.73 Å². The maximum absolute atomic E-state index is 11.0. The van der Waals surface area contributed by atoms with E-state index in [4.69, 9.17) is 27.2 Å². The highest BCUT2D eigenvalue weighted by Gasteiger charge is 2.21. The summed E-state index contributed by atoms with van der Waals surface area (Å²) in [6, 6.07) is 4.40. The topological polar surface area (TPSA) is 89.6 Å². The van der Waals surface area contributed by atoms with Crippen molar-refractivity contribution < 1.29 is 19.4 Å². The van der Waals surface area contributed by atoms with Crippen LogP contribution >= 0.6 is 11.6 Å². The van der Waals surface area contributed by atoms with Crippen LogP contribution < -0.4 is 10.5 Å². The Bertz CT molecular complexity index is 447. The molecular weight excluding hydrogens is 246 g/mol. The molecule has 3 N–H and O–H groups in total. The number of aromatic carboxylic acids is 1. The van der Waals surface area contributed by atoms with E-state index in [1.807, 2.05) is 0 Å². The second-order valence-corrected chi connectivity index (χ2v) is 3.74. The molecular formula is C11H12ClNO4. The molecule has 1 aromatic carbocycles. The molecule has 92 valence electrons. The molecule has 0 aliphatic rings. The van der Waals surface area contributed by atoms with Crippen LogP contribution in [0.15, 0.2) is 18.2 Å². The Labute approximate surface area is 103 Å². The smallest absolute Gasteiger partial charge is 0.341 e. The fourth-order valence-corrected chi connectivity index (χ4v) is 1.55. The van der Waals surface area contributed by atoms with Crippen LogP contribution in [0.5, 0.6) is 5.75 Å². The van der Waals surface area contributed by atoms with E-state index >= 15 is 0 Å². The van der Waals surface area contributed by atoms with Gasteiger partial charge in [0.1, 0.15) is 11.3 Å². The van der Waals surface area contributed by atoms with Gasteiger partial charge >= 0.3 is 5.97 Å². The molecule has 0 bridgehead atoms. The number of benzene rings is 1. The Kier molecular flexibility index (Phi) is 4.34. The fourth-order valence-electron chi connectivity index (χ4n) is 1.31. The SMILES string of the molecule is CCC(Oc1cccc(Cl)c1C(=O)O)C(N)=O. The van der Waals surface area contributed by atoms with Gasteiger partial charge in [0.05, 0.1) is 5.02 Å². The maximum Gasteiger partial charge on any atom is 0.341 e. The molecule has 1 amide bonds. The summed E-state index contributed by atoms with van der Waals surface area (Å²) in [5, 5.41) is 9.04. The first-order valence-corrected chi connectivity index (χ1v) is 5.33. The van der Waals surface area contributed by atoms with Gasteiger partial charge in [0.2, 0.25) is 0 Å². The molecule has 0 radical (unpaired) electrons. The van der Waals surface area contributed by atoms with E-state index in [0.29, 0.717) is 6.42 Å². The van der Waals surface area contributed by atoms with Crippen LogP contribution in [0.25, 0.3) is 0 Å². The molecule has 0 aromatic heterocycles. The van der Waals surface area contributed by atoms with E-state index < -0.39 is 18.0 Å². The Morgan fingerprint density at radius 3 is 2.65 bits per heavy atom. The second kappa shape index (κ2) is 5.54. The van der Waals surface area contributed by atoms with Crippen LogP contribution in [0.3, 0.4) is 0 Å². The highest BCUT2D eigenvalue weighted by Crippen LogP contribution is 2.27. The monoisotopic (exact) mass is 257 g/mol. The van der Waals surface area contributed by atoms with Gasteiger partial charge in [-0.1, -0.05) is 24.6 Å². The minimum Gasteiger partial charge on any atom is -0.480 e. The second-order valence-electron chi connectivity index (χ2n) is 3.34. The zero-order valence-electron chi connectivity index (χ0n) is 9.14. The molecule has 0 heterocycles. The predicted molar refractivity (Wildman–Crippen MR) is 62.3 cm³/mol. The number of carbonyl (C=O) groups excluding carboxylic acids is 1. The largest absolute Gasteiger partial charge is 0.480 e. The Balaban J connectivity index is 3.10. The Morgan fingerprint density at radius 1 is 1.53 bits per heavy atom. The van der Waals surface area contributed by atoms with Crippen molar-refractivity contribution in [1.29, 1.82) is 0 Å². The van der Waals surface area contributed by atoms with Gasteiger partial charge in [-0.3, -0.25) is 4.79 Å². The third kappa shape index (κ3) is 3.10. The molecule has 17 heavy (non-hydrogen) atoms. The maximum atomic E-state index is 11.0. The number of hydrogen-bond donors (Lipinski definition) is 2. The molecule has 1 unspecified atom stereocenters. The van der Waals surface area contributed by atoms with Gasteiger partial charge in [-0.05, 0) is 18.6 Å². The van der Waals surface area contributed by atoms with Gasteiger partial charge in [-0.15, -0.1) is 0 Å². The summed E-state index contributed by atoms with van der Waals surface area (Å²) in [7, 11) is 0. The lowest BCUT2D eigenvalue weighted by Crippen LogP contribution is -2.33. The molecule has 6 heteroatoms. The highest BCUT2D eigenvalue weighted by molar-refractivity contribution is 6.33. The zero-order valence-corrected chi connectivity index (χ0v) is 9.90. The lowest BCUT2D eigenvalue weighted by molar-refractivity contribution is -0.124. The van der Waals surface area contributed by atoms with Crippen molar-refractivity contribution in [2.45, 2.75) is 19.4 Å². The Morgan fingerprint density at radius 2 is 2.18 bits per heavy atom. The highest BCUT2D eigenvalue weighted by atomic mass is 35.5. The summed E-state index contributed by atoms with van der Waals surface area (Å²) in [6.07, 6.45) is -0.521. The van der Waals surface area contributed by atoms with E-state index in [1.54, 1.807) is 6.92 Å². The number of ether oxygens (including phenoxy) is 1. The minimum absolute atomic E-state index is 0.0376. The number of halogens is 1. The summed E-state index contributed by atoms with van der Waals surface area (Å²) in [5.41, 5.74) is 4.94. The van der Waals surface area contributed by atoms with E-state index in [-0.39, 0.29) is 16.3 Å². The van der Waals surface area contributed by atoms with Gasteiger partial charge in [0, 0.05) is 0 Å². The lowest BCUT2D eigenvalue weighted by Gasteiger charge is -2.16. The van der Waals surface area contributed by atoms with E-state index in [2.05, 4.69) is 0 Å². The number of hydrogen-bond acceptors (Lipinski definition) is 3. The minimum atomic E-state index is -1.22. The summed E-state index contributed by atoms with van der Waals surface area (Å²) in [5.74, 6) is -1.83. The summed E-state index contributed by atoms with van der Waals surface area (Å²) < 4.78 is 5.26. The van der Waals surface area contributed by atoms with E-state index in [9.17, 15) is 9.59 Å². The van der Waals surface area contributed by atoms with Gasteiger partial charge in [0.25, 0.3) is 5.91 Å². The molecule has 0 aliphatic carbocycles. The number of carbonyl (C=O) groups is 2. The van der Waals surface area contributed by atoms with Crippen molar-refractivity contribution in [3.05, 3.63) is 28.8 Å². The molecule has 0 saturated carbocycles. The first-order valence-electron chi connectivity index (χ1n) is 4.95. The van der Waals surface area contributed by atoms with Crippen molar-refractivity contribution in [3.8, 4) is 5.75 Å². The molecule has 0 spiro atoms. The van der Waals surface area contributed by atoms with Crippen LogP contribution in [0.1, 0.15) is 23.7 Å². The number of nitrogens with two attached hydrogens (primary N) is 1. The fraction of sp³-hybridized carbons (Fsp3) is 0.273. The predicted octanol–water partition coefficient (Wildman–Crippen LogP) is 1.68. The molecule has 1 atom stereocenters. The van der Waals surface area contributed by atoms with Gasteiger partial charge < -0.3 is 15.6 Å². The van der Waals surface area contributed by atoms with Crippen LogP contribution in [0, 0.1) is 0 Å². The van der Waals surface area contributed by atoms with Crippen LogP contribution in [-0.4, -0.2) is 23.1 Å². The standard InChI is InChI=1S/C11H12ClNO4/c1-2-7(10(13)14)17-8-5-3-4-6(12)9(8)11(15)16/h3-5,7H,2H2,1H3,(H2,13,14)(H,15,16). The normalized spacial score (nSPS) is 11.9. The van der Waals surface area contributed by atoms with Gasteiger partial charge in [0.15, 0.2) is 6.10 Å². The third-order valence-electron chi connectivity index (χ3n) is 2.15. The van der Waals surface area contributed by atoms with Crippen molar-refractivity contribution in [1.82, 2.24) is 0 Å². The molecule has 0 saturated heterocycles. The van der Waals surface area contributed by atoms with Crippen LogP contribution in [0.4, 0.5) is 0 Å². The summed E-state index contributed by atoms with van der Waals surface area (Å²) in [4.78, 5) is 22.0. The third-order valence-corrected chi connectivity index (χ3v) is 2.46. The van der Waals surface area contributed by atoms with Crippen LogP contribution in [-0.2, 0) is 4.79 Å².